The predicted octanol–water partition coefficient (Wildman–Crippen LogP) is 3.29. The third-order valence-electron chi connectivity index (χ3n) is 3.75. The number of amides is 2. The molecule has 0 radical (unpaired) electrons. The number of rotatable bonds is 7. The number of ether oxygens (including phenoxy) is 2. The minimum atomic E-state index is -1.20. The molecule has 0 spiro atoms. The molecule has 0 heterocycles. The normalized spacial score (nSPS) is 10.8. The van der Waals surface area contributed by atoms with Crippen molar-refractivity contribution in [1.82, 2.24) is 10.9 Å². The molecule has 0 aliphatic carbocycles. The van der Waals surface area contributed by atoms with Crippen LogP contribution in [0.2, 0.25) is 5.02 Å². The Balaban J connectivity index is 1.78. The van der Waals surface area contributed by atoms with Crippen molar-refractivity contribution in [1.29, 1.82) is 0 Å². The first-order valence-corrected chi connectivity index (χ1v) is 8.93. The molecule has 6 nitrogen and oxygen atoms in total. The van der Waals surface area contributed by atoms with Gasteiger partial charge in [0.2, 0.25) is 0 Å². The van der Waals surface area contributed by atoms with E-state index in [1.165, 1.54) is 5.56 Å². The van der Waals surface area contributed by atoms with Crippen molar-refractivity contribution in [2.24, 2.45) is 0 Å². The van der Waals surface area contributed by atoms with Gasteiger partial charge in [-0.05, 0) is 62.2 Å². The lowest BCUT2D eigenvalue weighted by Crippen LogP contribution is -2.53. The highest BCUT2D eigenvalue weighted by Crippen LogP contribution is 2.20. The number of carbonyl (C=O) groups is 2. The van der Waals surface area contributed by atoms with E-state index in [1.54, 1.807) is 50.2 Å². The Morgan fingerprint density at radius 3 is 2.15 bits per heavy atom. The second-order valence-electron chi connectivity index (χ2n) is 6.35. The minimum Gasteiger partial charge on any atom is -0.484 e. The zero-order valence-corrected chi connectivity index (χ0v) is 16.3. The molecule has 0 fully saturated rings. The SMILES string of the molecule is CCc1ccc(OCC(=O)NNC(=O)C(C)(C)Oc2ccc(Cl)cc2)cc1. The van der Waals surface area contributed by atoms with E-state index in [2.05, 4.69) is 17.8 Å². The van der Waals surface area contributed by atoms with Gasteiger partial charge in [0, 0.05) is 5.02 Å². The van der Waals surface area contributed by atoms with E-state index < -0.39 is 17.4 Å². The fourth-order valence-electron chi connectivity index (χ4n) is 2.13. The minimum absolute atomic E-state index is 0.218. The van der Waals surface area contributed by atoms with Gasteiger partial charge in [0.05, 0.1) is 0 Å². The van der Waals surface area contributed by atoms with Gasteiger partial charge in [0.15, 0.2) is 12.2 Å². The average molecular weight is 391 g/mol. The standard InChI is InChI=1S/C20H23ClN2O4/c1-4-14-5-9-16(10-6-14)26-13-18(24)22-23-19(25)20(2,3)27-17-11-7-15(21)8-12-17/h5-12H,4,13H2,1-3H3,(H,22,24)(H,23,25). The summed E-state index contributed by atoms with van der Waals surface area (Å²) in [5.74, 6) is 0.0909. The van der Waals surface area contributed by atoms with Gasteiger partial charge in [-0.1, -0.05) is 30.7 Å². The van der Waals surface area contributed by atoms with Gasteiger partial charge in [-0.15, -0.1) is 0 Å². The predicted molar refractivity (Wildman–Crippen MR) is 104 cm³/mol. The Labute approximate surface area is 163 Å². The summed E-state index contributed by atoms with van der Waals surface area (Å²) in [5.41, 5.74) is 4.64. The average Bonchev–Trinajstić information content (AvgIpc) is 2.66. The maximum Gasteiger partial charge on any atom is 0.281 e. The molecule has 0 aliphatic heterocycles. The molecule has 0 bridgehead atoms. The maximum absolute atomic E-state index is 12.3. The van der Waals surface area contributed by atoms with Crippen LogP contribution in [0.3, 0.4) is 0 Å². The van der Waals surface area contributed by atoms with Crippen LogP contribution in [0.4, 0.5) is 0 Å². The van der Waals surface area contributed by atoms with E-state index in [0.29, 0.717) is 16.5 Å². The molecule has 2 rings (SSSR count). The van der Waals surface area contributed by atoms with Crippen molar-refractivity contribution in [2.75, 3.05) is 6.61 Å². The monoisotopic (exact) mass is 390 g/mol. The first-order valence-electron chi connectivity index (χ1n) is 8.56. The number of hydrogen-bond donors (Lipinski definition) is 2. The number of nitrogens with one attached hydrogen (secondary N) is 2. The van der Waals surface area contributed by atoms with Crippen molar-refractivity contribution in [2.45, 2.75) is 32.8 Å². The van der Waals surface area contributed by atoms with Crippen LogP contribution >= 0.6 is 11.6 Å². The second kappa shape index (κ2) is 9.28. The molecule has 2 N–H and O–H groups in total. The zero-order valence-electron chi connectivity index (χ0n) is 15.5. The van der Waals surface area contributed by atoms with Crippen LogP contribution in [0.1, 0.15) is 26.3 Å². The molecule has 0 aliphatic rings. The van der Waals surface area contributed by atoms with E-state index in [4.69, 9.17) is 21.1 Å². The second-order valence-corrected chi connectivity index (χ2v) is 6.79. The van der Waals surface area contributed by atoms with Gasteiger partial charge in [-0.3, -0.25) is 20.4 Å². The Hall–Kier alpha value is -2.73. The molecule has 2 aromatic carbocycles. The van der Waals surface area contributed by atoms with Gasteiger partial charge in [0.1, 0.15) is 11.5 Å². The summed E-state index contributed by atoms with van der Waals surface area (Å²) in [6.07, 6.45) is 0.931. The highest BCUT2D eigenvalue weighted by molar-refractivity contribution is 6.30. The summed E-state index contributed by atoms with van der Waals surface area (Å²) in [5, 5.41) is 0.571. The Bertz CT molecular complexity index is 774. The van der Waals surface area contributed by atoms with E-state index in [0.717, 1.165) is 6.42 Å². The first-order chi connectivity index (χ1) is 12.8. The lowest BCUT2D eigenvalue weighted by atomic mass is 10.1. The molecule has 0 saturated carbocycles. The summed E-state index contributed by atoms with van der Waals surface area (Å²) in [4.78, 5) is 24.1. The highest BCUT2D eigenvalue weighted by atomic mass is 35.5. The summed E-state index contributed by atoms with van der Waals surface area (Å²) in [6, 6.07) is 14.1. The topological polar surface area (TPSA) is 76.7 Å². The molecule has 0 aromatic heterocycles. The van der Waals surface area contributed by atoms with Crippen molar-refractivity contribution < 1.29 is 19.1 Å². The van der Waals surface area contributed by atoms with Crippen molar-refractivity contribution in [3.8, 4) is 11.5 Å². The number of aryl methyl sites for hydroxylation is 1. The van der Waals surface area contributed by atoms with E-state index >= 15 is 0 Å². The lowest BCUT2D eigenvalue weighted by molar-refractivity contribution is -0.138. The van der Waals surface area contributed by atoms with Crippen molar-refractivity contribution in [3.05, 3.63) is 59.1 Å². The smallest absolute Gasteiger partial charge is 0.281 e. The molecule has 0 unspecified atom stereocenters. The number of hydrazine groups is 1. The Morgan fingerprint density at radius 1 is 0.963 bits per heavy atom. The van der Waals surface area contributed by atoms with E-state index in [1.807, 2.05) is 12.1 Å². The van der Waals surface area contributed by atoms with Crippen LogP contribution in [0.5, 0.6) is 11.5 Å². The third-order valence-corrected chi connectivity index (χ3v) is 4.00. The first kappa shape index (κ1) is 20.6. The summed E-state index contributed by atoms with van der Waals surface area (Å²) in [7, 11) is 0. The van der Waals surface area contributed by atoms with Crippen LogP contribution in [0, 0.1) is 0 Å². The summed E-state index contributed by atoms with van der Waals surface area (Å²) >= 11 is 5.82. The molecule has 0 atom stereocenters. The number of halogens is 1. The third kappa shape index (κ3) is 6.49. The highest BCUT2D eigenvalue weighted by Gasteiger charge is 2.30. The molecule has 0 saturated heterocycles. The molecular formula is C20H23ClN2O4. The maximum atomic E-state index is 12.3. The molecule has 7 heteroatoms. The lowest BCUT2D eigenvalue weighted by Gasteiger charge is -2.25. The summed E-state index contributed by atoms with van der Waals surface area (Å²) in [6.45, 7) is 5.03. The van der Waals surface area contributed by atoms with Crippen LogP contribution in [0.25, 0.3) is 0 Å². The van der Waals surface area contributed by atoms with Crippen LogP contribution in [-0.4, -0.2) is 24.0 Å². The molecular weight excluding hydrogens is 368 g/mol. The number of carbonyl (C=O) groups excluding carboxylic acids is 2. The Morgan fingerprint density at radius 2 is 1.56 bits per heavy atom. The van der Waals surface area contributed by atoms with Crippen molar-refractivity contribution in [3.63, 3.8) is 0 Å². The van der Waals surface area contributed by atoms with Gasteiger partial charge in [0.25, 0.3) is 11.8 Å². The number of hydrogen-bond acceptors (Lipinski definition) is 4. The molecule has 2 amide bonds. The number of benzene rings is 2. The van der Waals surface area contributed by atoms with Crippen LogP contribution < -0.4 is 20.3 Å². The van der Waals surface area contributed by atoms with Gasteiger partial charge < -0.3 is 9.47 Å². The van der Waals surface area contributed by atoms with E-state index in [-0.39, 0.29) is 6.61 Å². The zero-order chi connectivity index (χ0) is 19.9. The fraction of sp³-hybridized carbons (Fsp3) is 0.300. The molecule has 144 valence electrons. The van der Waals surface area contributed by atoms with E-state index in [9.17, 15) is 9.59 Å². The molecule has 27 heavy (non-hydrogen) atoms. The van der Waals surface area contributed by atoms with Gasteiger partial charge in [-0.2, -0.15) is 0 Å². The molecule has 2 aromatic rings. The summed E-state index contributed by atoms with van der Waals surface area (Å²) < 4.78 is 11.0. The largest absolute Gasteiger partial charge is 0.484 e. The van der Waals surface area contributed by atoms with Crippen molar-refractivity contribution >= 4 is 23.4 Å². The van der Waals surface area contributed by atoms with Gasteiger partial charge in [-0.25, -0.2) is 0 Å². The quantitative estimate of drug-likeness (QED) is 0.711. The van der Waals surface area contributed by atoms with Gasteiger partial charge >= 0.3 is 0 Å². The van der Waals surface area contributed by atoms with Crippen LogP contribution in [-0.2, 0) is 16.0 Å². The fourth-order valence-corrected chi connectivity index (χ4v) is 2.25. The Kier molecular flexibility index (Phi) is 7.07. The van der Waals surface area contributed by atoms with Crippen LogP contribution in [0.15, 0.2) is 48.5 Å².